The van der Waals surface area contributed by atoms with Gasteiger partial charge in [-0.3, -0.25) is 14.7 Å². The van der Waals surface area contributed by atoms with Gasteiger partial charge < -0.3 is 5.11 Å². The van der Waals surface area contributed by atoms with Crippen LogP contribution in [0.1, 0.15) is 18.4 Å². The zero-order valence-corrected chi connectivity index (χ0v) is 12.4. The molecule has 1 saturated heterocycles. The summed E-state index contributed by atoms with van der Waals surface area (Å²) in [5.74, 6) is 0.192. The predicted molar refractivity (Wildman–Crippen MR) is 76.9 cm³/mol. The van der Waals surface area contributed by atoms with E-state index in [1.54, 1.807) is 12.4 Å². The van der Waals surface area contributed by atoms with Gasteiger partial charge in [-0.1, -0.05) is 23.2 Å². The van der Waals surface area contributed by atoms with Crippen LogP contribution in [0, 0.1) is 17.8 Å². The third-order valence-electron chi connectivity index (χ3n) is 4.51. The summed E-state index contributed by atoms with van der Waals surface area (Å²) in [6.45, 7) is 2.58. The van der Waals surface area contributed by atoms with Crippen molar-refractivity contribution in [3.05, 3.63) is 28.0 Å². The molecule has 20 heavy (non-hydrogen) atoms. The van der Waals surface area contributed by atoms with Crippen LogP contribution >= 0.6 is 23.2 Å². The SMILES string of the molecule is O=C(O)C1C[C@@H]2CN(Cc3c(Cl)cncc3Cl)C[C@@H]2C1. The van der Waals surface area contributed by atoms with Crippen LogP contribution in [0.25, 0.3) is 0 Å². The van der Waals surface area contributed by atoms with Gasteiger partial charge in [0, 0.05) is 37.6 Å². The fraction of sp³-hybridized carbons (Fsp3) is 0.571. The molecule has 4 nitrogen and oxygen atoms in total. The van der Waals surface area contributed by atoms with Gasteiger partial charge in [-0.05, 0) is 24.7 Å². The molecule has 2 heterocycles. The number of carboxylic acids is 1. The van der Waals surface area contributed by atoms with Crippen molar-refractivity contribution >= 4 is 29.2 Å². The zero-order valence-electron chi connectivity index (χ0n) is 10.9. The largest absolute Gasteiger partial charge is 0.481 e. The lowest BCUT2D eigenvalue weighted by molar-refractivity contribution is -0.141. The number of rotatable bonds is 3. The second-order valence-corrected chi connectivity index (χ2v) is 6.62. The van der Waals surface area contributed by atoms with Gasteiger partial charge in [0.15, 0.2) is 0 Å². The molecule has 3 rings (SSSR count). The van der Waals surface area contributed by atoms with Gasteiger partial charge in [-0.2, -0.15) is 0 Å². The highest BCUT2D eigenvalue weighted by molar-refractivity contribution is 6.35. The van der Waals surface area contributed by atoms with E-state index in [0.717, 1.165) is 31.5 Å². The minimum Gasteiger partial charge on any atom is -0.481 e. The number of carboxylic acid groups (broad SMARTS) is 1. The number of carbonyl (C=O) groups is 1. The number of hydrogen-bond acceptors (Lipinski definition) is 3. The Labute approximate surface area is 127 Å². The monoisotopic (exact) mass is 314 g/mol. The summed E-state index contributed by atoms with van der Waals surface area (Å²) in [5.41, 5.74) is 0.915. The second-order valence-electron chi connectivity index (χ2n) is 5.80. The molecule has 1 aliphatic carbocycles. The minimum atomic E-state index is -0.647. The highest BCUT2D eigenvalue weighted by Crippen LogP contribution is 2.42. The van der Waals surface area contributed by atoms with Crippen molar-refractivity contribution in [2.45, 2.75) is 19.4 Å². The number of fused-ring (bicyclic) bond motifs is 1. The van der Waals surface area contributed by atoms with Gasteiger partial charge in [-0.15, -0.1) is 0 Å². The van der Waals surface area contributed by atoms with Crippen molar-refractivity contribution in [3.8, 4) is 0 Å². The molecular formula is C14H16Cl2N2O2. The van der Waals surface area contributed by atoms with E-state index in [1.165, 1.54) is 0 Å². The Morgan fingerprint density at radius 1 is 1.25 bits per heavy atom. The van der Waals surface area contributed by atoms with Crippen LogP contribution in [0.5, 0.6) is 0 Å². The Morgan fingerprint density at radius 2 is 1.80 bits per heavy atom. The van der Waals surface area contributed by atoms with Crippen molar-refractivity contribution in [1.29, 1.82) is 0 Å². The first-order valence-electron chi connectivity index (χ1n) is 6.77. The van der Waals surface area contributed by atoms with Crippen LogP contribution in [0.2, 0.25) is 10.0 Å². The maximum Gasteiger partial charge on any atom is 0.306 e. The average Bonchev–Trinajstić information content (AvgIpc) is 2.91. The molecule has 2 aliphatic rings. The predicted octanol–water partition coefficient (Wildman–Crippen LogP) is 2.93. The van der Waals surface area contributed by atoms with Gasteiger partial charge >= 0.3 is 5.97 Å². The van der Waals surface area contributed by atoms with Crippen LogP contribution in [-0.4, -0.2) is 34.0 Å². The Bertz CT molecular complexity index is 504. The third kappa shape index (κ3) is 2.65. The van der Waals surface area contributed by atoms with Crippen molar-refractivity contribution in [2.75, 3.05) is 13.1 Å². The minimum absolute atomic E-state index is 0.153. The maximum absolute atomic E-state index is 11.0. The lowest BCUT2D eigenvalue weighted by atomic mass is 10.0. The van der Waals surface area contributed by atoms with Crippen LogP contribution in [-0.2, 0) is 11.3 Å². The number of nitrogens with zero attached hydrogens (tertiary/aromatic N) is 2. The standard InChI is InChI=1S/C14H16Cl2N2O2/c15-12-3-17-4-13(16)11(12)7-18-5-9-1-8(14(19)20)2-10(9)6-18/h3-4,8-10H,1-2,5-7H2,(H,19,20)/t8?,9-,10+. The van der Waals surface area contributed by atoms with Crippen molar-refractivity contribution in [1.82, 2.24) is 9.88 Å². The molecule has 0 spiro atoms. The first-order chi connectivity index (χ1) is 9.54. The molecule has 0 aromatic carbocycles. The first-order valence-corrected chi connectivity index (χ1v) is 7.53. The molecular weight excluding hydrogens is 299 g/mol. The lowest BCUT2D eigenvalue weighted by Gasteiger charge is -2.19. The second kappa shape index (κ2) is 5.51. The number of halogens is 2. The molecule has 1 saturated carbocycles. The summed E-state index contributed by atoms with van der Waals surface area (Å²) in [5, 5.41) is 10.3. The fourth-order valence-electron chi connectivity index (χ4n) is 3.54. The summed E-state index contributed by atoms with van der Waals surface area (Å²) in [6.07, 6.45) is 4.82. The van der Waals surface area contributed by atoms with Crippen molar-refractivity contribution < 1.29 is 9.90 Å². The first kappa shape index (κ1) is 14.1. The molecule has 6 heteroatoms. The van der Waals surface area contributed by atoms with E-state index in [1.807, 2.05) is 0 Å². The molecule has 1 aliphatic heterocycles. The Morgan fingerprint density at radius 3 is 2.30 bits per heavy atom. The fourth-order valence-corrected chi connectivity index (χ4v) is 4.02. The van der Waals surface area contributed by atoms with Gasteiger partial charge in [0.1, 0.15) is 0 Å². The van der Waals surface area contributed by atoms with Crippen molar-refractivity contribution in [3.63, 3.8) is 0 Å². The Kier molecular flexibility index (Phi) is 3.89. The van der Waals surface area contributed by atoms with E-state index in [9.17, 15) is 4.79 Å². The zero-order chi connectivity index (χ0) is 14.3. The number of likely N-dealkylation sites (tertiary alicyclic amines) is 1. The van der Waals surface area contributed by atoms with Crippen LogP contribution in [0.3, 0.4) is 0 Å². The lowest BCUT2D eigenvalue weighted by Crippen LogP contribution is -2.23. The topological polar surface area (TPSA) is 53.4 Å². The van der Waals surface area contributed by atoms with Gasteiger partial charge in [0.25, 0.3) is 0 Å². The highest BCUT2D eigenvalue weighted by Gasteiger charge is 2.43. The van der Waals surface area contributed by atoms with Gasteiger partial charge in [-0.25, -0.2) is 0 Å². The van der Waals surface area contributed by atoms with E-state index in [0.29, 0.717) is 28.4 Å². The van der Waals surface area contributed by atoms with Gasteiger partial charge in [0.2, 0.25) is 0 Å². The molecule has 1 aromatic rings. The highest BCUT2D eigenvalue weighted by atomic mass is 35.5. The number of hydrogen-bond donors (Lipinski definition) is 1. The molecule has 2 fully saturated rings. The molecule has 0 amide bonds. The summed E-state index contributed by atoms with van der Waals surface area (Å²) >= 11 is 12.3. The number of aromatic nitrogens is 1. The maximum atomic E-state index is 11.0. The average molecular weight is 315 g/mol. The molecule has 3 atom stereocenters. The molecule has 108 valence electrons. The summed E-state index contributed by atoms with van der Waals surface area (Å²) in [4.78, 5) is 17.3. The normalized spacial score (nSPS) is 29.6. The van der Waals surface area contributed by atoms with Crippen LogP contribution in [0.4, 0.5) is 0 Å². The van der Waals surface area contributed by atoms with E-state index in [4.69, 9.17) is 28.3 Å². The molecule has 0 radical (unpaired) electrons. The van der Waals surface area contributed by atoms with Crippen LogP contribution in [0.15, 0.2) is 12.4 Å². The quantitative estimate of drug-likeness (QED) is 0.932. The van der Waals surface area contributed by atoms with E-state index >= 15 is 0 Å². The third-order valence-corrected chi connectivity index (χ3v) is 5.16. The molecule has 1 unspecified atom stereocenters. The van der Waals surface area contributed by atoms with Crippen LogP contribution < -0.4 is 0 Å². The van der Waals surface area contributed by atoms with Crippen molar-refractivity contribution in [2.24, 2.45) is 17.8 Å². The molecule has 0 bridgehead atoms. The summed E-state index contributed by atoms with van der Waals surface area (Å²) < 4.78 is 0. The van der Waals surface area contributed by atoms with E-state index in [2.05, 4.69) is 9.88 Å². The Balaban J connectivity index is 1.64. The molecule has 1 N–H and O–H groups in total. The molecule has 1 aromatic heterocycles. The van der Waals surface area contributed by atoms with Gasteiger partial charge in [0.05, 0.1) is 16.0 Å². The number of aliphatic carboxylic acids is 1. The van der Waals surface area contributed by atoms with E-state index < -0.39 is 5.97 Å². The van der Waals surface area contributed by atoms with E-state index in [-0.39, 0.29) is 5.92 Å². The summed E-state index contributed by atoms with van der Waals surface area (Å²) in [6, 6.07) is 0. The number of pyridine rings is 1. The Hall–Kier alpha value is -0.840. The summed E-state index contributed by atoms with van der Waals surface area (Å²) in [7, 11) is 0. The smallest absolute Gasteiger partial charge is 0.306 e.